The SMILES string of the molecule is CC(CS(=O)(=O)Cc1ccccc1)C(=O)OC(C)(C)C. The van der Waals surface area contributed by atoms with Crippen LogP contribution in [0.4, 0.5) is 0 Å². The standard InChI is InChI=1S/C15H22O4S/c1-12(14(16)19-15(2,3)4)10-20(17,18)11-13-8-6-5-7-9-13/h5-9,12H,10-11H2,1-4H3. The van der Waals surface area contributed by atoms with Gasteiger partial charge in [-0.05, 0) is 26.3 Å². The minimum Gasteiger partial charge on any atom is -0.460 e. The number of hydrogen-bond acceptors (Lipinski definition) is 4. The van der Waals surface area contributed by atoms with Crippen LogP contribution in [0.25, 0.3) is 0 Å². The number of benzene rings is 1. The van der Waals surface area contributed by atoms with E-state index in [0.717, 1.165) is 5.56 Å². The van der Waals surface area contributed by atoms with Crippen molar-refractivity contribution in [1.29, 1.82) is 0 Å². The molecular formula is C15H22O4S. The molecule has 0 saturated carbocycles. The molecule has 0 N–H and O–H groups in total. The lowest BCUT2D eigenvalue weighted by molar-refractivity contribution is -0.158. The molecule has 20 heavy (non-hydrogen) atoms. The van der Waals surface area contributed by atoms with Crippen molar-refractivity contribution in [3.63, 3.8) is 0 Å². The molecule has 112 valence electrons. The van der Waals surface area contributed by atoms with Gasteiger partial charge in [-0.3, -0.25) is 4.79 Å². The van der Waals surface area contributed by atoms with Crippen LogP contribution in [0.5, 0.6) is 0 Å². The van der Waals surface area contributed by atoms with Gasteiger partial charge in [0.15, 0.2) is 9.84 Å². The summed E-state index contributed by atoms with van der Waals surface area (Å²) in [5, 5.41) is 0. The highest BCUT2D eigenvalue weighted by Crippen LogP contribution is 2.15. The van der Waals surface area contributed by atoms with Gasteiger partial charge in [0.1, 0.15) is 5.60 Å². The first-order valence-corrected chi connectivity index (χ1v) is 8.38. The van der Waals surface area contributed by atoms with Crippen LogP contribution in [-0.2, 0) is 25.1 Å². The van der Waals surface area contributed by atoms with Gasteiger partial charge < -0.3 is 4.74 Å². The van der Waals surface area contributed by atoms with Gasteiger partial charge in [-0.1, -0.05) is 37.3 Å². The van der Waals surface area contributed by atoms with Crippen molar-refractivity contribution >= 4 is 15.8 Å². The van der Waals surface area contributed by atoms with Crippen molar-refractivity contribution in [1.82, 2.24) is 0 Å². The summed E-state index contributed by atoms with van der Waals surface area (Å²) >= 11 is 0. The van der Waals surface area contributed by atoms with E-state index in [1.807, 2.05) is 6.07 Å². The highest BCUT2D eigenvalue weighted by Gasteiger charge is 2.26. The number of hydrogen-bond donors (Lipinski definition) is 0. The van der Waals surface area contributed by atoms with Gasteiger partial charge in [0.05, 0.1) is 17.4 Å². The van der Waals surface area contributed by atoms with Gasteiger partial charge in [0.2, 0.25) is 0 Å². The van der Waals surface area contributed by atoms with Crippen molar-refractivity contribution in [2.45, 2.75) is 39.0 Å². The summed E-state index contributed by atoms with van der Waals surface area (Å²) in [6.45, 7) is 6.86. The summed E-state index contributed by atoms with van der Waals surface area (Å²) in [6, 6.07) is 8.94. The van der Waals surface area contributed by atoms with E-state index >= 15 is 0 Å². The number of esters is 1. The van der Waals surface area contributed by atoms with Gasteiger partial charge in [0.25, 0.3) is 0 Å². The Morgan fingerprint density at radius 3 is 2.25 bits per heavy atom. The van der Waals surface area contributed by atoms with Gasteiger partial charge >= 0.3 is 5.97 Å². The molecule has 1 atom stereocenters. The molecule has 0 fully saturated rings. The molecular weight excluding hydrogens is 276 g/mol. The summed E-state index contributed by atoms with van der Waals surface area (Å²) in [5.41, 5.74) is 0.123. The van der Waals surface area contributed by atoms with Crippen molar-refractivity contribution in [2.24, 2.45) is 5.92 Å². The zero-order chi connectivity index (χ0) is 15.4. The minimum absolute atomic E-state index is 0.0546. The van der Waals surface area contributed by atoms with Crippen molar-refractivity contribution < 1.29 is 17.9 Å². The third-order valence-corrected chi connectivity index (χ3v) is 4.32. The molecule has 0 amide bonds. The molecule has 1 aromatic carbocycles. The summed E-state index contributed by atoms with van der Waals surface area (Å²) in [7, 11) is -3.34. The predicted octanol–water partition coefficient (Wildman–Crippen LogP) is 2.58. The zero-order valence-corrected chi connectivity index (χ0v) is 13.2. The van der Waals surface area contributed by atoms with Gasteiger partial charge in [-0.2, -0.15) is 0 Å². The van der Waals surface area contributed by atoms with Gasteiger partial charge in [-0.15, -0.1) is 0 Å². The van der Waals surface area contributed by atoms with Crippen molar-refractivity contribution in [2.75, 3.05) is 5.75 Å². The molecule has 1 aromatic rings. The van der Waals surface area contributed by atoms with Crippen LogP contribution < -0.4 is 0 Å². The van der Waals surface area contributed by atoms with Crippen LogP contribution in [0, 0.1) is 5.92 Å². The molecule has 0 saturated heterocycles. The normalized spacial score (nSPS) is 13.8. The van der Waals surface area contributed by atoms with Crippen LogP contribution >= 0.6 is 0 Å². The quantitative estimate of drug-likeness (QED) is 0.784. The molecule has 5 heteroatoms. The van der Waals surface area contributed by atoms with Crippen LogP contribution in [-0.4, -0.2) is 25.7 Å². The Morgan fingerprint density at radius 2 is 1.75 bits per heavy atom. The van der Waals surface area contributed by atoms with E-state index in [4.69, 9.17) is 4.74 Å². The molecule has 4 nitrogen and oxygen atoms in total. The van der Waals surface area contributed by atoms with E-state index in [0.29, 0.717) is 0 Å². The second-order valence-corrected chi connectivity index (χ2v) is 8.08. The Labute approximate surface area is 121 Å². The fourth-order valence-corrected chi connectivity index (χ4v) is 3.45. The minimum atomic E-state index is -3.34. The average Bonchev–Trinajstić information content (AvgIpc) is 2.26. The van der Waals surface area contributed by atoms with E-state index in [1.165, 1.54) is 0 Å². The highest BCUT2D eigenvalue weighted by molar-refractivity contribution is 7.90. The number of carbonyl (C=O) groups excluding carboxylic acids is 1. The second kappa shape index (κ2) is 6.39. The fourth-order valence-electron chi connectivity index (χ4n) is 1.74. The van der Waals surface area contributed by atoms with E-state index < -0.39 is 27.3 Å². The van der Waals surface area contributed by atoms with Gasteiger partial charge in [-0.25, -0.2) is 8.42 Å². The Bertz CT molecular complexity index is 541. The summed E-state index contributed by atoms with van der Waals surface area (Å²) < 4.78 is 29.3. The molecule has 0 aromatic heterocycles. The third-order valence-electron chi connectivity index (χ3n) is 2.54. The lowest BCUT2D eigenvalue weighted by atomic mass is 10.1. The van der Waals surface area contributed by atoms with Gasteiger partial charge in [0, 0.05) is 0 Å². The first-order chi connectivity index (χ1) is 9.09. The fraction of sp³-hybridized carbons (Fsp3) is 0.533. The lowest BCUT2D eigenvalue weighted by Gasteiger charge is -2.22. The second-order valence-electron chi connectivity index (χ2n) is 5.97. The number of carbonyl (C=O) groups is 1. The first-order valence-electron chi connectivity index (χ1n) is 6.56. The Kier molecular flexibility index (Phi) is 5.34. The van der Waals surface area contributed by atoms with Crippen LogP contribution in [0.3, 0.4) is 0 Å². The van der Waals surface area contributed by atoms with E-state index in [-0.39, 0.29) is 11.5 Å². The third kappa shape index (κ3) is 6.19. The van der Waals surface area contributed by atoms with Crippen LogP contribution in [0.15, 0.2) is 30.3 Å². The number of ether oxygens (including phenoxy) is 1. The lowest BCUT2D eigenvalue weighted by Crippen LogP contribution is -2.31. The molecule has 0 aliphatic heterocycles. The van der Waals surface area contributed by atoms with Crippen molar-refractivity contribution in [3.8, 4) is 0 Å². The maximum atomic E-state index is 12.1. The van der Waals surface area contributed by atoms with E-state index in [1.54, 1.807) is 52.0 Å². The smallest absolute Gasteiger partial charge is 0.310 e. The Morgan fingerprint density at radius 1 is 1.20 bits per heavy atom. The van der Waals surface area contributed by atoms with Crippen LogP contribution in [0.2, 0.25) is 0 Å². The molecule has 0 aliphatic carbocycles. The molecule has 0 radical (unpaired) electrons. The molecule has 0 bridgehead atoms. The largest absolute Gasteiger partial charge is 0.460 e. The topological polar surface area (TPSA) is 60.4 Å². The zero-order valence-electron chi connectivity index (χ0n) is 12.4. The maximum Gasteiger partial charge on any atom is 0.310 e. The van der Waals surface area contributed by atoms with Crippen LogP contribution in [0.1, 0.15) is 33.3 Å². The molecule has 0 heterocycles. The molecule has 0 aliphatic rings. The highest BCUT2D eigenvalue weighted by atomic mass is 32.2. The maximum absolute atomic E-state index is 12.1. The van der Waals surface area contributed by atoms with E-state index in [2.05, 4.69) is 0 Å². The number of sulfone groups is 1. The summed E-state index contributed by atoms with van der Waals surface area (Å²) in [5.74, 6) is -1.39. The van der Waals surface area contributed by atoms with E-state index in [9.17, 15) is 13.2 Å². The average molecular weight is 298 g/mol. The monoisotopic (exact) mass is 298 g/mol. The Hall–Kier alpha value is -1.36. The Balaban J connectivity index is 2.64. The molecule has 1 unspecified atom stereocenters. The summed E-state index contributed by atoms with van der Waals surface area (Å²) in [4.78, 5) is 11.8. The predicted molar refractivity (Wildman–Crippen MR) is 78.9 cm³/mol. The summed E-state index contributed by atoms with van der Waals surface area (Å²) in [6.07, 6.45) is 0. The van der Waals surface area contributed by atoms with Crippen molar-refractivity contribution in [3.05, 3.63) is 35.9 Å². The molecule has 1 rings (SSSR count). The molecule has 0 spiro atoms. The first kappa shape index (κ1) is 16.7. The number of rotatable bonds is 5.